The van der Waals surface area contributed by atoms with Gasteiger partial charge in [0.2, 0.25) is 0 Å². The van der Waals surface area contributed by atoms with Crippen molar-refractivity contribution in [2.75, 3.05) is 26.4 Å². The summed E-state index contributed by atoms with van der Waals surface area (Å²) in [6, 6.07) is 0. The van der Waals surface area contributed by atoms with E-state index in [-0.39, 0.29) is 0 Å². The molecule has 1 fully saturated rings. The quantitative estimate of drug-likeness (QED) is 0.203. The van der Waals surface area contributed by atoms with Gasteiger partial charge in [-0.2, -0.15) is 0 Å². The lowest BCUT2D eigenvalue weighted by molar-refractivity contribution is -0.260. The number of hydrogen-bond acceptors (Lipinski definition) is 11. The molecule has 1 heterocycles. The Bertz CT molecular complexity index is 418. The maximum absolute atomic E-state index is 12.0. The molecule has 23 heavy (non-hydrogen) atoms. The zero-order chi connectivity index (χ0) is 18.0. The van der Waals surface area contributed by atoms with Crippen molar-refractivity contribution in [3.05, 3.63) is 0 Å². The summed E-state index contributed by atoms with van der Waals surface area (Å²) in [7, 11) is 0. The highest BCUT2D eigenvalue weighted by Crippen LogP contribution is 2.42. The molecular weight excluding hydrogens is 320 g/mol. The van der Waals surface area contributed by atoms with Gasteiger partial charge in [-0.1, -0.05) is 0 Å². The van der Waals surface area contributed by atoms with E-state index >= 15 is 0 Å². The Labute approximate surface area is 130 Å². The van der Waals surface area contributed by atoms with E-state index in [1.807, 2.05) is 0 Å². The first-order chi connectivity index (χ1) is 10.7. The van der Waals surface area contributed by atoms with Crippen LogP contribution in [-0.2, 0) is 9.53 Å². The van der Waals surface area contributed by atoms with E-state index in [1.165, 1.54) is 0 Å². The van der Waals surface area contributed by atoms with E-state index in [9.17, 15) is 35.4 Å². The highest BCUT2D eigenvalue weighted by Gasteiger charge is 2.70. The van der Waals surface area contributed by atoms with E-state index in [0.717, 1.165) is 0 Å². The molecule has 1 rings (SSSR count). The third-order valence-electron chi connectivity index (χ3n) is 4.15. The van der Waals surface area contributed by atoms with Crippen molar-refractivity contribution in [2.24, 2.45) is 0 Å². The fourth-order valence-electron chi connectivity index (χ4n) is 2.75. The summed E-state index contributed by atoms with van der Waals surface area (Å²) in [6.07, 6.45) is -10.1. The van der Waals surface area contributed by atoms with E-state index in [1.54, 1.807) is 0 Å². The molecular formula is C12H22O11. The molecule has 1 aliphatic rings. The second-order valence-corrected chi connectivity index (χ2v) is 5.36. The summed E-state index contributed by atoms with van der Waals surface area (Å²) >= 11 is 0. The molecule has 0 aromatic carbocycles. The van der Waals surface area contributed by atoms with Crippen LogP contribution in [0.3, 0.4) is 0 Å². The highest BCUT2D eigenvalue weighted by molar-refractivity contribution is 5.90. The Morgan fingerprint density at radius 3 is 2.09 bits per heavy atom. The fourth-order valence-corrected chi connectivity index (χ4v) is 2.75. The zero-order valence-corrected chi connectivity index (χ0v) is 12.1. The van der Waals surface area contributed by atoms with Crippen molar-refractivity contribution in [2.45, 2.75) is 41.7 Å². The van der Waals surface area contributed by atoms with Crippen molar-refractivity contribution < 1.29 is 55.5 Å². The van der Waals surface area contributed by atoms with Crippen LogP contribution in [0, 0.1) is 0 Å². The molecule has 0 amide bonds. The number of Topliss-reactive ketones (excluding diaryl/α,β-unsaturated/α-hetero) is 1. The van der Waals surface area contributed by atoms with Gasteiger partial charge in [-0.15, -0.1) is 0 Å². The first kappa shape index (κ1) is 20.3. The standard InChI is InChI=1S/C12H22O11/c13-1-5(17)9(20)12(22,7(18)3-15)11(4-16)10(21)8(19)6(2-14)23-11/h5-6,8-10,13-17,19-22H,1-4H2/t5-,6-,8-,9-,10+,11?,12-/m1/s1. The number of aliphatic hydroxyl groups is 9. The summed E-state index contributed by atoms with van der Waals surface area (Å²) < 4.78 is 5.04. The zero-order valence-electron chi connectivity index (χ0n) is 12.1. The van der Waals surface area contributed by atoms with Crippen molar-refractivity contribution in [3.63, 3.8) is 0 Å². The number of ether oxygens (including phenoxy) is 1. The number of carbonyl (C=O) groups is 1. The van der Waals surface area contributed by atoms with Gasteiger partial charge in [0, 0.05) is 0 Å². The molecule has 0 bridgehead atoms. The number of hydrogen-bond donors (Lipinski definition) is 9. The van der Waals surface area contributed by atoms with Crippen LogP contribution >= 0.6 is 0 Å². The van der Waals surface area contributed by atoms with Crippen LogP contribution in [0.2, 0.25) is 0 Å². The lowest BCUT2D eigenvalue weighted by Crippen LogP contribution is -2.74. The largest absolute Gasteiger partial charge is 0.394 e. The van der Waals surface area contributed by atoms with Gasteiger partial charge in [-0.05, 0) is 0 Å². The van der Waals surface area contributed by atoms with Gasteiger partial charge in [0.15, 0.2) is 17.0 Å². The Morgan fingerprint density at radius 2 is 1.74 bits per heavy atom. The van der Waals surface area contributed by atoms with Crippen LogP contribution in [0.25, 0.3) is 0 Å². The van der Waals surface area contributed by atoms with Gasteiger partial charge in [0.05, 0.1) is 19.8 Å². The average Bonchev–Trinajstić information content (AvgIpc) is 2.83. The number of rotatable bonds is 8. The smallest absolute Gasteiger partial charge is 0.195 e. The molecule has 0 aromatic rings. The van der Waals surface area contributed by atoms with E-state index in [0.29, 0.717) is 0 Å². The molecule has 1 unspecified atom stereocenters. The molecule has 0 aliphatic carbocycles. The van der Waals surface area contributed by atoms with E-state index in [2.05, 4.69) is 0 Å². The third-order valence-corrected chi connectivity index (χ3v) is 4.15. The number of carbonyl (C=O) groups excluding carboxylic acids is 1. The summed E-state index contributed by atoms with van der Waals surface area (Å²) in [5.41, 5.74) is -6.04. The third kappa shape index (κ3) is 2.89. The normalized spacial score (nSPS) is 36.5. The maximum Gasteiger partial charge on any atom is 0.195 e. The second kappa shape index (κ2) is 7.44. The molecule has 0 radical (unpaired) electrons. The van der Waals surface area contributed by atoms with Crippen molar-refractivity contribution in [3.8, 4) is 0 Å². The number of ketones is 1. The van der Waals surface area contributed by atoms with Gasteiger partial charge in [0.1, 0.15) is 37.1 Å². The Balaban J connectivity index is 3.47. The molecule has 136 valence electrons. The summed E-state index contributed by atoms with van der Waals surface area (Å²) in [5, 5.41) is 86.7. The first-order valence-electron chi connectivity index (χ1n) is 6.77. The van der Waals surface area contributed by atoms with Crippen LogP contribution in [-0.4, -0.2) is 120 Å². The lowest BCUT2D eigenvalue weighted by Gasteiger charge is -2.46. The first-order valence-corrected chi connectivity index (χ1v) is 6.77. The average molecular weight is 342 g/mol. The molecule has 0 saturated carbocycles. The summed E-state index contributed by atoms with van der Waals surface area (Å²) in [6.45, 7) is -4.66. The minimum absolute atomic E-state index is 0.859. The highest BCUT2D eigenvalue weighted by atomic mass is 16.6. The number of aliphatic hydroxyl groups excluding tert-OH is 8. The van der Waals surface area contributed by atoms with Gasteiger partial charge in [0.25, 0.3) is 0 Å². The van der Waals surface area contributed by atoms with Crippen LogP contribution in [0.5, 0.6) is 0 Å². The van der Waals surface area contributed by atoms with Crippen molar-refractivity contribution in [1.29, 1.82) is 0 Å². The van der Waals surface area contributed by atoms with E-state index in [4.69, 9.17) is 20.1 Å². The minimum Gasteiger partial charge on any atom is -0.394 e. The van der Waals surface area contributed by atoms with Gasteiger partial charge >= 0.3 is 0 Å². The molecule has 1 saturated heterocycles. The maximum atomic E-state index is 12.0. The molecule has 0 spiro atoms. The van der Waals surface area contributed by atoms with Crippen LogP contribution in [0.1, 0.15) is 0 Å². The Hall–Kier alpha value is -0.730. The van der Waals surface area contributed by atoms with Crippen molar-refractivity contribution >= 4 is 5.78 Å². The van der Waals surface area contributed by atoms with Crippen LogP contribution in [0.4, 0.5) is 0 Å². The monoisotopic (exact) mass is 342 g/mol. The van der Waals surface area contributed by atoms with Crippen LogP contribution < -0.4 is 0 Å². The van der Waals surface area contributed by atoms with Gasteiger partial charge < -0.3 is 50.7 Å². The molecule has 11 nitrogen and oxygen atoms in total. The summed E-state index contributed by atoms with van der Waals surface area (Å²) in [5.74, 6) is -1.55. The molecule has 0 aromatic heterocycles. The fraction of sp³-hybridized carbons (Fsp3) is 0.917. The second-order valence-electron chi connectivity index (χ2n) is 5.36. The Kier molecular flexibility index (Phi) is 6.57. The predicted octanol–water partition coefficient (Wildman–Crippen LogP) is -6.16. The molecule has 1 aliphatic heterocycles. The van der Waals surface area contributed by atoms with Crippen LogP contribution in [0.15, 0.2) is 0 Å². The molecule has 7 atom stereocenters. The lowest BCUT2D eigenvalue weighted by atomic mass is 9.71. The predicted molar refractivity (Wildman–Crippen MR) is 69.9 cm³/mol. The molecule has 9 N–H and O–H groups in total. The van der Waals surface area contributed by atoms with Gasteiger partial charge in [-0.3, -0.25) is 4.79 Å². The summed E-state index contributed by atoms with van der Waals surface area (Å²) in [4.78, 5) is 12.0. The Morgan fingerprint density at radius 1 is 1.17 bits per heavy atom. The van der Waals surface area contributed by atoms with Crippen molar-refractivity contribution in [1.82, 2.24) is 0 Å². The topological polar surface area (TPSA) is 208 Å². The van der Waals surface area contributed by atoms with E-state index < -0.39 is 73.9 Å². The molecule has 11 heteroatoms. The minimum atomic E-state index is -3.29. The van der Waals surface area contributed by atoms with Gasteiger partial charge in [-0.25, -0.2) is 0 Å². The SMILES string of the molecule is O=C(CO)[C@@](O)([C@H](O)[C@H](O)CO)C1(CO)O[C@H](CO)[C@@H](O)[C@@H]1O.